The number of thiophene rings is 1. The number of anilines is 2. The molecule has 0 spiro atoms. The lowest BCUT2D eigenvalue weighted by atomic mass is 10.2. The number of carbonyl (C=O) groups is 2. The summed E-state index contributed by atoms with van der Waals surface area (Å²) in [6, 6.07) is 0.364. The number of amides is 1. The molecule has 1 saturated carbocycles. The number of nitrogens with one attached hydrogen (secondary N) is 2. The maximum Gasteiger partial charge on any atom is 0.343 e. The summed E-state index contributed by atoms with van der Waals surface area (Å²) in [6.45, 7) is 2.33. The molecule has 1 amide bonds. The standard InChI is InChI=1S/C12H17N3O3S/c1-3-14-10(16)9-8(13)7(12(17)18-2)11(19-9)15-6-4-5-6/h6,15H,3-5,13H2,1-2H3,(H,14,16). The molecule has 0 radical (unpaired) electrons. The van der Waals surface area contributed by atoms with Crippen LogP contribution in [0.3, 0.4) is 0 Å². The van der Waals surface area contributed by atoms with Gasteiger partial charge in [0.05, 0.1) is 12.8 Å². The lowest BCUT2D eigenvalue weighted by molar-refractivity contribution is 0.0603. The average Bonchev–Trinajstić information content (AvgIpc) is 3.13. The van der Waals surface area contributed by atoms with Crippen LogP contribution in [-0.4, -0.2) is 31.6 Å². The van der Waals surface area contributed by atoms with Crippen LogP contribution in [0.1, 0.15) is 39.8 Å². The van der Waals surface area contributed by atoms with Gasteiger partial charge in [-0.3, -0.25) is 4.79 Å². The highest BCUT2D eigenvalue weighted by Gasteiger charge is 2.29. The molecule has 1 fully saturated rings. The van der Waals surface area contributed by atoms with Crippen LogP contribution in [0.25, 0.3) is 0 Å². The van der Waals surface area contributed by atoms with Crippen LogP contribution in [0.2, 0.25) is 0 Å². The third kappa shape index (κ3) is 2.81. The molecule has 4 N–H and O–H groups in total. The Morgan fingerprint density at radius 1 is 1.47 bits per heavy atom. The van der Waals surface area contributed by atoms with Crippen LogP contribution in [0.5, 0.6) is 0 Å². The molecular formula is C12H17N3O3S. The molecule has 1 aliphatic carbocycles. The van der Waals surface area contributed by atoms with Gasteiger partial charge in [-0.15, -0.1) is 11.3 Å². The molecule has 0 atom stereocenters. The van der Waals surface area contributed by atoms with Crippen LogP contribution in [0, 0.1) is 0 Å². The summed E-state index contributed by atoms with van der Waals surface area (Å²) in [5, 5.41) is 6.51. The molecule has 104 valence electrons. The Bertz CT molecular complexity index is 509. The van der Waals surface area contributed by atoms with E-state index in [1.165, 1.54) is 18.4 Å². The largest absolute Gasteiger partial charge is 0.465 e. The molecule has 1 aromatic rings. The molecule has 1 heterocycles. The van der Waals surface area contributed by atoms with E-state index in [0.717, 1.165) is 12.8 Å². The van der Waals surface area contributed by atoms with E-state index in [9.17, 15) is 9.59 Å². The van der Waals surface area contributed by atoms with Crippen molar-refractivity contribution in [1.29, 1.82) is 0 Å². The van der Waals surface area contributed by atoms with E-state index in [1.807, 2.05) is 6.92 Å². The van der Waals surface area contributed by atoms with Crippen molar-refractivity contribution in [2.24, 2.45) is 0 Å². The van der Waals surface area contributed by atoms with Gasteiger partial charge in [-0.2, -0.15) is 0 Å². The van der Waals surface area contributed by atoms with E-state index in [-0.39, 0.29) is 17.2 Å². The molecule has 19 heavy (non-hydrogen) atoms. The summed E-state index contributed by atoms with van der Waals surface area (Å²) in [5.74, 6) is -0.786. The van der Waals surface area contributed by atoms with E-state index in [0.29, 0.717) is 22.5 Å². The van der Waals surface area contributed by atoms with Crippen LogP contribution in [0.15, 0.2) is 0 Å². The summed E-state index contributed by atoms with van der Waals surface area (Å²) < 4.78 is 4.73. The zero-order chi connectivity index (χ0) is 14.0. The maximum atomic E-state index is 11.9. The van der Waals surface area contributed by atoms with Gasteiger partial charge in [0.15, 0.2) is 0 Å². The van der Waals surface area contributed by atoms with Gasteiger partial charge in [0.25, 0.3) is 5.91 Å². The highest BCUT2D eigenvalue weighted by Crippen LogP contribution is 2.39. The molecule has 1 aromatic heterocycles. The van der Waals surface area contributed by atoms with Crippen LogP contribution >= 0.6 is 11.3 Å². The van der Waals surface area contributed by atoms with Crippen molar-refractivity contribution in [3.05, 3.63) is 10.4 Å². The van der Waals surface area contributed by atoms with Gasteiger partial charge in [0.1, 0.15) is 15.4 Å². The van der Waals surface area contributed by atoms with E-state index >= 15 is 0 Å². The number of hydrogen-bond acceptors (Lipinski definition) is 6. The predicted molar refractivity (Wildman–Crippen MR) is 74.7 cm³/mol. The summed E-state index contributed by atoms with van der Waals surface area (Å²) >= 11 is 1.20. The second-order valence-electron chi connectivity index (χ2n) is 4.32. The molecule has 1 aliphatic rings. The number of nitrogens with two attached hydrogens (primary N) is 1. The highest BCUT2D eigenvalue weighted by molar-refractivity contribution is 7.19. The summed E-state index contributed by atoms with van der Waals surface area (Å²) in [7, 11) is 1.30. The lowest BCUT2D eigenvalue weighted by Gasteiger charge is -2.04. The Labute approximate surface area is 115 Å². The SMILES string of the molecule is CCNC(=O)c1sc(NC2CC2)c(C(=O)OC)c1N. The van der Waals surface area contributed by atoms with Crippen molar-refractivity contribution in [3.8, 4) is 0 Å². The Hall–Kier alpha value is -1.76. The molecule has 0 unspecified atom stereocenters. The van der Waals surface area contributed by atoms with Crippen molar-refractivity contribution >= 4 is 33.9 Å². The van der Waals surface area contributed by atoms with Crippen molar-refractivity contribution in [1.82, 2.24) is 5.32 Å². The number of esters is 1. The predicted octanol–water partition coefficient (Wildman–Crippen LogP) is 1.44. The van der Waals surface area contributed by atoms with Crippen LogP contribution in [-0.2, 0) is 4.74 Å². The fourth-order valence-corrected chi connectivity index (χ4v) is 2.77. The van der Waals surface area contributed by atoms with Gasteiger partial charge in [-0.25, -0.2) is 4.79 Å². The van der Waals surface area contributed by atoms with Crippen molar-refractivity contribution in [2.45, 2.75) is 25.8 Å². The number of methoxy groups -OCH3 is 1. The first kappa shape index (κ1) is 13.7. The number of ether oxygens (including phenoxy) is 1. The maximum absolute atomic E-state index is 11.9. The number of nitrogen functional groups attached to an aromatic ring is 1. The number of rotatable bonds is 5. The topological polar surface area (TPSA) is 93.5 Å². The Kier molecular flexibility index (Phi) is 3.94. The Morgan fingerprint density at radius 3 is 2.68 bits per heavy atom. The Balaban J connectivity index is 2.36. The van der Waals surface area contributed by atoms with Gasteiger partial charge in [0, 0.05) is 12.6 Å². The highest BCUT2D eigenvalue weighted by atomic mass is 32.1. The second-order valence-corrected chi connectivity index (χ2v) is 5.34. The van der Waals surface area contributed by atoms with Crippen LogP contribution < -0.4 is 16.4 Å². The first-order chi connectivity index (χ1) is 9.08. The normalized spacial score (nSPS) is 14.0. The molecule has 0 bridgehead atoms. The molecule has 6 nitrogen and oxygen atoms in total. The average molecular weight is 283 g/mol. The van der Waals surface area contributed by atoms with Gasteiger partial charge in [-0.05, 0) is 19.8 Å². The molecule has 2 rings (SSSR count). The zero-order valence-electron chi connectivity index (χ0n) is 10.9. The second kappa shape index (κ2) is 5.48. The Morgan fingerprint density at radius 2 is 2.16 bits per heavy atom. The van der Waals surface area contributed by atoms with Crippen molar-refractivity contribution < 1.29 is 14.3 Å². The summed E-state index contributed by atoms with van der Waals surface area (Å²) in [4.78, 5) is 24.0. The first-order valence-electron chi connectivity index (χ1n) is 6.13. The minimum Gasteiger partial charge on any atom is -0.465 e. The van der Waals surface area contributed by atoms with E-state index in [4.69, 9.17) is 10.5 Å². The zero-order valence-corrected chi connectivity index (χ0v) is 11.7. The van der Waals surface area contributed by atoms with Gasteiger partial charge in [0.2, 0.25) is 0 Å². The summed E-state index contributed by atoms with van der Waals surface area (Å²) in [6.07, 6.45) is 2.13. The summed E-state index contributed by atoms with van der Waals surface area (Å²) in [5.41, 5.74) is 6.37. The molecule has 0 saturated heterocycles. The number of hydrogen-bond donors (Lipinski definition) is 3. The first-order valence-corrected chi connectivity index (χ1v) is 6.95. The molecule has 0 aromatic carbocycles. The van der Waals surface area contributed by atoms with Crippen molar-refractivity contribution in [2.75, 3.05) is 24.7 Å². The minimum absolute atomic E-state index is 0.186. The van der Waals surface area contributed by atoms with Crippen LogP contribution in [0.4, 0.5) is 10.7 Å². The van der Waals surface area contributed by atoms with Gasteiger partial charge >= 0.3 is 5.97 Å². The molecular weight excluding hydrogens is 266 g/mol. The lowest BCUT2D eigenvalue weighted by Crippen LogP contribution is -2.22. The van der Waals surface area contributed by atoms with Gasteiger partial charge in [-0.1, -0.05) is 0 Å². The molecule has 7 heteroatoms. The fraction of sp³-hybridized carbons (Fsp3) is 0.500. The third-order valence-electron chi connectivity index (χ3n) is 2.79. The van der Waals surface area contributed by atoms with E-state index in [1.54, 1.807) is 0 Å². The quantitative estimate of drug-likeness (QED) is 0.711. The minimum atomic E-state index is -0.521. The smallest absolute Gasteiger partial charge is 0.343 e. The third-order valence-corrected chi connectivity index (χ3v) is 3.93. The van der Waals surface area contributed by atoms with Gasteiger partial charge < -0.3 is 21.1 Å². The molecule has 0 aliphatic heterocycles. The fourth-order valence-electron chi connectivity index (χ4n) is 1.67. The van der Waals surface area contributed by atoms with Crippen molar-refractivity contribution in [3.63, 3.8) is 0 Å². The van der Waals surface area contributed by atoms with E-state index in [2.05, 4.69) is 10.6 Å². The number of carbonyl (C=O) groups excluding carboxylic acids is 2. The monoisotopic (exact) mass is 283 g/mol. The van der Waals surface area contributed by atoms with E-state index < -0.39 is 5.97 Å².